The Kier molecular flexibility index (Phi) is 6.94. The number of nitrogen functional groups attached to an aromatic ring is 1. The lowest BCUT2D eigenvalue weighted by molar-refractivity contribution is -0.692. The predicted octanol–water partition coefficient (Wildman–Crippen LogP) is 0.528. The van der Waals surface area contributed by atoms with Crippen LogP contribution in [0.15, 0.2) is 21.9 Å². The fraction of sp³-hybridized carbons (Fsp3) is 0.476. The number of carbonyl (C=O) groups is 3. The van der Waals surface area contributed by atoms with Gasteiger partial charge in [-0.2, -0.15) is 13.9 Å². The van der Waals surface area contributed by atoms with Gasteiger partial charge in [0.15, 0.2) is 17.4 Å². The van der Waals surface area contributed by atoms with Crippen molar-refractivity contribution in [2.24, 2.45) is 5.16 Å². The van der Waals surface area contributed by atoms with Crippen LogP contribution in [0.1, 0.15) is 36.2 Å². The highest BCUT2D eigenvalue weighted by Gasteiger charge is 2.55. The van der Waals surface area contributed by atoms with E-state index in [1.807, 2.05) is 5.51 Å². The average molecular weight is 551 g/mol. The van der Waals surface area contributed by atoms with Crippen molar-refractivity contribution in [3.63, 3.8) is 0 Å². The van der Waals surface area contributed by atoms with E-state index in [2.05, 4.69) is 24.4 Å². The lowest BCUT2D eigenvalue weighted by Crippen LogP contribution is -2.71. The van der Waals surface area contributed by atoms with Gasteiger partial charge in [0.25, 0.3) is 11.8 Å². The minimum atomic E-state index is -1.15. The van der Waals surface area contributed by atoms with E-state index in [9.17, 15) is 19.5 Å². The number of nitrogens with two attached hydrogens (primary N) is 1. The highest BCUT2D eigenvalue weighted by Crippen LogP contribution is 2.40. The van der Waals surface area contributed by atoms with Crippen molar-refractivity contribution in [3.8, 4) is 0 Å². The van der Waals surface area contributed by atoms with Gasteiger partial charge >= 0.3 is 5.97 Å². The second-order valence-corrected chi connectivity index (χ2v) is 11.2. The van der Waals surface area contributed by atoms with Crippen LogP contribution in [0.25, 0.3) is 0 Å². The second kappa shape index (κ2) is 10.1. The summed E-state index contributed by atoms with van der Waals surface area (Å²) in [5.41, 5.74) is 9.40. The molecule has 0 saturated carbocycles. The molecule has 12 nitrogen and oxygen atoms in total. The highest BCUT2D eigenvalue weighted by molar-refractivity contribution is 8.00. The molecule has 0 aromatic carbocycles. The van der Waals surface area contributed by atoms with E-state index >= 15 is 0 Å². The molecule has 2 aromatic rings. The number of nitrogens with one attached hydrogen (secondary N) is 1. The van der Waals surface area contributed by atoms with Crippen LogP contribution >= 0.6 is 34.6 Å². The number of hydrogen-bond donors (Lipinski definition) is 3. The third-order valence-electron chi connectivity index (χ3n) is 6.11. The number of nitrogens with zero attached hydrogens (tertiary/aromatic N) is 5. The van der Waals surface area contributed by atoms with Crippen LogP contribution in [0.2, 0.25) is 0 Å². The molecule has 0 unspecified atom stereocenters. The number of fused-ring (bicyclic) bond motifs is 2. The van der Waals surface area contributed by atoms with E-state index in [4.69, 9.17) is 10.6 Å². The van der Waals surface area contributed by atoms with Crippen molar-refractivity contribution in [2.75, 3.05) is 18.1 Å². The number of aryl methyl sites for hydroxylation is 1. The van der Waals surface area contributed by atoms with E-state index in [0.717, 1.165) is 30.8 Å². The minimum absolute atomic E-state index is 0.00495. The Morgan fingerprint density at radius 1 is 1.39 bits per heavy atom. The van der Waals surface area contributed by atoms with E-state index in [0.29, 0.717) is 17.9 Å². The molecule has 1 fully saturated rings. The summed E-state index contributed by atoms with van der Waals surface area (Å²) in [6, 6.07) is -0.914. The quantitative estimate of drug-likeness (QED) is 0.184. The molecule has 2 amide bonds. The molecule has 0 radical (unpaired) electrons. The zero-order valence-electron chi connectivity index (χ0n) is 19.3. The van der Waals surface area contributed by atoms with E-state index in [1.54, 1.807) is 18.3 Å². The summed E-state index contributed by atoms with van der Waals surface area (Å²) in [4.78, 5) is 49.9. The van der Waals surface area contributed by atoms with Gasteiger partial charge in [-0.1, -0.05) is 16.5 Å². The van der Waals surface area contributed by atoms with Gasteiger partial charge in [-0.25, -0.2) is 4.79 Å². The first-order valence-electron chi connectivity index (χ1n) is 11.4. The summed E-state index contributed by atoms with van der Waals surface area (Å²) >= 11 is 4.03. The number of thiazole rings is 1. The Hall–Kier alpha value is -3.04. The number of hydrogen-bond acceptors (Lipinski definition) is 11. The number of anilines is 1. The molecule has 4 heterocycles. The van der Waals surface area contributed by atoms with E-state index < -0.39 is 29.2 Å². The third-order valence-corrected chi connectivity index (χ3v) is 9.08. The number of amides is 2. The molecule has 2 aromatic heterocycles. The molecule has 0 spiro atoms. The number of aliphatic carboxylic acids is 1. The summed E-state index contributed by atoms with van der Waals surface area (Å²) < 4.78 is 6.12. The molecule has 2 atom stereocenters. The molecule has 3 aliphatic rings. The summed E-state index contributed by atoms with van der Waals surface area (Å²) in [6.45, 7) is 2.34. The van der Waals surface area contributed by atoms with Gasteiger partial charge in [0.2, 0.25) is 17.0 Å². The number of oxime groups is 1. The van der Waals surface area contributed by atoms with Gasteiger partial charge in [-0.15, -0.1) is 11.8 Å². The molecule has 36 heavy (non-hydrogen) atoms. The summed E-state index contributed by atoms with van der Waals surface area (Å²) in [6.07, 6.45) is 4.33. The maximum Gasteiger partial charge on any atom is 0.352 e. The summed E-state index contributed by atoms with van der Waals surface area (Å²) in [5, 5.41) is 16.1. The van der Waals surface area contributed by atoms with Crippen LogP contribution in [-0.2, 0) is 38.6 Å². The summed E-state index contributed by atoms with van der Waals surface area (Å²) in [5.74, 6) is -1.92. The molecule has 0 bridgehead atoms. The van der Waals surface area contributed by atoms with Gasteiger partial charge in [0.05, 0.1) is 4.88 Å². The summed E-state index contributed by atoms with van der Waals surface area (Å²) in [7, 11) is 0. The maximum absolute atomic E-state index is 13.1. The predicted molar refractivity (Wildman–Crippen MR) is 133 cm³/mol. The van der Waals surface area contributed by atoms with Crippen molar-refractivity contribution in [1.82, 2.24) is 19.6 Å². The van der Waals surface area contributed by atoms with Crippen molar-refractivity contribution in [1.29, 1.82) is 0 Å². The van der Waals surface area contributed by atoms with Gasteiger partial charge in [-0.3, -0.25) is 14.5 Å². The molecular formula is C21H24N7O5S3+. The van der Waals surface area contributed by atoms with Crippen LogP contribution in [0.4, 0.5) is 5.13 Å². The molecular weight excluding hydrogens is 526 g/mol. The van der Waals surface area contributed by atoms with E-state index in [-0.39, 0.29) is 29.0 Å². The number of carbonyl (C=O) groups excluding carboxylic acids is 2. The Labute approximate surface area is 218 Å². The molecule has 2 aliphatic heterocycles. The number of rotatable bonds is 8. The fourth-order valence-electron chi connectivity index (χ4n) is 4.48. The number of thioether (sulfide) groups is 1. The average Bonchev–Trinajstić information content (AvgIpc) is 3.48. The lowest BCUT2D eigenvalue weighted by atomic mass is 10.0. The van der Waals surface area contributed by atoms with Gasteiger partial charge in [0, 0.05) is 29.3 Å². The first-order valence-corrected chi connectivity index (χ1v) is 14.1. The van der Waals surface area contributed by atoms with Crippen LogP contribution in [0, 0.1) is 0 Å². The zero-order chi connectivity index (χ0) is 25.4. The largest absolute Gasteiger partial charge is 0.477 e. The number of β-lactam (4-membered cyclic amide) rings is 1. The Morgan fingerprint density at radius 3 is 2.92 bits per heavy atom. The minimum Gasteiger partial charge on any atom is -0.477 e. The normalized spacial score (nSPS) is 21.5. The molecule has 5 rings (SSSR count). The number of carboxylic acids is 1. The maximum atomic E-state index is 13.1. The molecule has 15 heteroatoms. The third kappa shape index (κ3) is 4.46. The number of carboxylic acid groups (broad SMARTS) is 1. The SMILES string of the molecule is CCON=C(C(=O)N[C@@H]1C(=O)N2C(C(=O)O)=C(C[n+]3csc4c3CCCC4)CS[C@@H]12)c1nsc(N)n1. The zero-order valence-corrected chi connectivity index (χ0v) is 21.7. The Balaban J connectivity index is 1.35. The molecule has 1 saturated heterocycles. The van der Waals surface area contributed by atoms with Gasteiger partial charge in [-0.05, 0) is 26.2 Å². The topological polar surface area (TPSA) is 164 Å². The molecule has 4 N–H and O–H groups in total. The fourth-order valence-corrected chi connectivity index (χ4v) is 7.32. The second-order valence-electron chi connectivity index (χ2n) is 8.36. The highest BCUT2D eigenvalue weighted by atomic mass is 32.2. The van der Waals surface area contributed by atoms with Crippen molar-refractivity contribution >= 4 is 63.3 Å². The Bertz CT molecular complexity index is 1290. The van der Waals surface area contributed by atoms with Crippen LogP contribution in [0.3, 0.4) is 0 Å². The standard InChI is InChI=1S/C21H23N7O5S3/c1-2-33-25-13(16-24-21(22)36-26-16)17(29)23-14-18(30)28-15(20(31)32)10(8-34-19(14)28)7-27-9-35-12-6-4-3-5-11(12)27/h9,14,19H,2-8H2,1H3,(H3-,22,23,24,26,29,31,32)/p+1/t14-,19+/m1/s1. The smallest absolute Gasteiger partial charge is 0.352 e. The van der Waals surface area contributed by atoms with E-state index in [1.165, 1.54) is 33.7 Å². The molecule has 190 valence electrons. The molecule has 1 aliphatic carbocycles. The lowest BCUT2D eigenvalue weighted by Gasteiger charge is -2.49. The van der Waals surface area contributed by atoms with Crippen LogP contribution < -0.4 is 15.6 Å². The monoisotopic (exact) mass is 550 g/mol. The van der Waals surface area contributed by atoms with Gasteiger partial charge in [0.1, 0.15) is 23.7 Å². The Morgan fingerprint density at radius 2 is 2.19 bits per heavy atom. The van der Waals surface area contributed by atoms with Crippen molar-refractivity contribution in [3.05, 3.63) is 33.2 Å². The number of aromatic nitrogens is 3. The first-order chi connectivity index (χ1) is 17.4. The van der Waals surface area contributed by atoms with Crippen molar-refractivity contribution in [2.45, 2.75) is 50.6 Å². The van der Waals surface area contributed by atoms with Gasteiger partial charge < -0.3 is 21.0 Å². The van der Waals surface area contributed by atoms with Crippen molar-refractivity contribution < 1.29 is 28.9 Å². The van der Waals surface area contributed by atoms with Crippen LogP contribution in [-0.4, -0.2) is 66.6 Å². The van der Waals surface area contributed by atoms with Crippen LogP contribution in [0.5, 0.6) is 0 Å². The first kappa shape index (κ1) is 24.6.